The predicted octanol–water partition coefficient (Wildman–Crippen LogP) is 4.56. The molecule has 31 heavy (non-hydrogen) atoms. The van der Waals surface area contributed by atoms with E-state index in [4.69, 9.17) is 4.74 Å². The van der Waals surface area contributed by atoms with Crippen LogP contribution in [0.25, 0.3) is 5.57 Å². The first-order valence-corrected chi connectivity index (χ1v) is 10.9. The number of ketones is 1. The summed E-state index contributed by atoms with van der Waals surface area (Å²) in [6.07, 6.45) is 1.52. The molecule has 2 N–H and O–H groups in total. The molecule has 0 atom stereocenters. The number of benzene rings is 2. The maximum absolute atomic E-state index is 12.7. The van der Waals surface area contributed by atoms with Crippen LogP contribution in [0.1, 0.15) is 30.5 Å². The Morgan fingerprint density at radius 3 is 2.26 bits per heavy atom. The van der Waals surface area contributed by atoms with E-state index in [9.17, 15) is 22.9 Å². The van der Waals surface area contributed by atoms with E-state index in [1.54, 1.807) is 37.4 Å². The molecule has 0 unspecified atom stereocenters. The highest BCUT2D eigenvalue weighted by molar-refractivity contribution is 7.85. The number of carbonyl (C=O) groups excluding carboxylic acids is 1. The molecule has 0 radical (unpaired) electrons. The van der Waals surface area contributed by atoms with E-state index in [1.165, 1.54) is 18.2 Å². The molecule has 0 saturated carbocycles. The minimum Gasteiger partial charge on any atom is -0.506 e. The molecule has 0 bridgehead atoms. The van der Waals surface area contributed by atoms with Crippen molar-refractivity contribution in [1.29, 1.82) is 0 Å². The van der Waals surface area contributed by atoms with Gasteiger partial charge in [-0.25, -0.2) is 0 Å². The molecule has 0 aliphatic heterocycles. The lowest BCUT2D eigenvalue weighted by Gasteiger charge is -2.30. The highest BCUT2D eigenvalue weighted by Gasteiger charge is 2.36. The Labute approximate surface area is 181 Å². The van der Waals surface area contributed by atoms with Crippen molar-refractivity contribution in [3.8, 4) is 5.75 Å². The molecule has 0 aromatic heterocycles. The lowest BCUT2D eigenvalue weighted by atomic mass is 9.74. The molecule has 1 aliphatic carbocycles. The smallest absolute Gasteiger partial charge is 0.294 e. The Balaban J connectivity index is 1.96. The van der Waals surface area contributed by atoms with Crippen molar-refractivity contribution in [1.82, 2.24) is 0 Å². The van der Waals surface area contributed by atoms with E-state index < -0.39 is 15.5 Å². The summed E-state index contributed by atoms with van der Waals surface area (Å²) in [6.45, 7) is 9.53. The van der Waals surface area contributed by atoms with Crippen molar-refractivity contribution in [3.63, 3.8) is 0 Å². The summed E-state index contributed by atoms with van der Waals surface area (Å²) in [5, 5.41) is 10.5. The van der Waals surface area contributed by atoms with Gasteiger partial charge in [-0.3, -0.25) is 9.35 Å². The van der Waals surface area contributed by atoms with E-state index in [0.29, 0.717) is 22.4 Å². The Morgan fingerprint density at radius 2 is 1.74 bits per heavy atom. The van der Waals surface area contributed by atoms with Gasteiger partial charge in [0.05, 0.1) is 23.2 Å². The molecular formula is C24H24O6S. The Kier molecular flexibility index (Phi) is 5.69. The Bertz CT molecular complexity index is 1250. The average molecular weight is 441 g/mol. The van der Waals surface area contributed by atoms with Gasteiger partial charge in [-0.2, -0.15) is 8.42 Å². The van der Waals surface area contributed by atoms with Gasteiger partial charge < -0.3 is 9.84 Å². The van der Waals surface area contributed by atoms with Crippen LogP contribution in [0.3, 0.4) is 0 Å². The van der Waals surface area contributed by atoms with Crippen molar-refractivity contribution in [3.05, 3.63) is 88.7 Å². The van der Waals surface area contributed by atoms with Crippen molar-refractivity contribution < 1.29 is 27.6 Å². The minimum atomic E-state index is -4.36. The molecule has 2 aromatic carbocycles. The van der Waals surface area contributed by atoms with E-state index in [-0.39, 0.29) is 27.6 Å². The zero-order valence-corrected chi connectivity index (χ0v) is 18.6. The third kappa shape index (κ3) is 4.06. The summed E-state index contributed by atoms with van der Waals surface area (Å²) in [7, 11) is -2.82. The number of ether oxygens (including phenoxy) is 1. The van der Waals surface area contributed by atoms with Crippen LogP contribution >= 0.6 is 0 Å². The van der Waals surface area contributed by atoms with Gasteiger partial charge in [-0.05, 0) is 59.5 Å². The molecular weight excluding hydrogens is 416 g/mol. The maximum atomic E-state index is 12.7. The largest absolute Gasteiger partial charge is 0.506 e. The average Bonchev–Trinajstić information content (AvgIpc) is 2.71. The van der Waals surface area contributed by atoms with Gasteiger partial charge in [-0.1, -0.05) is 38.6 Å². The highest BCUT2D eigenvalue weighted by atomic mass is 32.2. The lowest BCUT2D eigenvalue weighted by molar-refractivity contribution is -0.111. The topological polar surface area (TPSA) is 101 Å². The third-order valence-corrected chi connectivity index (χ3v) is 6.49. The number of hydrogen-bond donors (Lipinski definition) is 2. The monoisotopic (exact) mass is 440 g/mol. The van der Waals surface area contributed by atoms with Crippen LogP contribution in [0.4, 0.5) is 0 Å². The third-order valence-electron chi connectivity index (χ3n) is 5.64. The molecule has 2 aromatic rings. The molecule has 0 amide bonds. The summed E-state index contributed by atoms with van der Waals surface area (Å²) in [6, 6.07) is 11.1. The summed E-state index contributed by atoms with van der Waals surface area (Å²) in [5.74, 6) is 0.225. The molecule has 0 spiro atoms. The van der Waals surface area contributed by atoms with Crippen LogP contribution in [0.15, 0.2) is 76.9 Å². The molecule has 0 fully saturated rings. The van der Waals surface area contributed by atoms with Gasteiger partial charge in [0.1, 0.15) is 11.5 Å². The fourth-order valence-electron chi connectivity index (χ4n) is 3.54. The number of aliphatic hydroxyl groups excluding tert-OH is 1. The van der Waals surface area contributed by atoms with Gasteiger partial charge in [0.15, 0.2) is 0 Å². The standard InChI is InChI=1S/C24H24O6S/c1-14-6-11-18(31(27,28)29)13-20(14)24(3,4)15(2)12-19-22(25)21(23(19)26)16-7-9-17(30-5)10-8-16/h6-13,25H,2H2,1,3-5H3,(H,27,28,29)/b19-12-. The number of aryl methyl sites for hydroxylation is 1. The molecule has 7 heteroatoms. The molecule has 0 saturated heterocycles. The Morgan fingerprint density at radius 1 is 1.13 bits per heavy atom. The van der Waals surface area contributed by atoms with Crippen LogP contribution in [0.2, 0.25) is 0 Å². The van der Waals surface area contributed by atoms with E-state index in [1.807, 2.05) is 20.8 Å². The van der Waals surface area contributed by atoms with Gasteiger partial charge in [-0.15, -0.1) is 0 Å². The summed E-state index contributed by atoms with van der Waals surface area (Å²) >= 11 is 0. The normalized spacial score (nSPS) is 15.8. The number of Topliss-reactive ketones (excluding diaryl/α,β-unsaturated/α-hetero) is 1. The Hall–Kier alpha value is -3.16. The highest BCUT2D eigenvalue weighted by Crippen LogP contribution is 2.40. The first-order valence-electron chi connectivity index (χ1n) is 9.50. The van der Waals surface area contributed by atoms with Gasteiger partial charge in [0.2, 0.25) is 5.78 Å². The number of carbonyl (C=O) groups is 1. The van der Waals surface area contributed by atoms with Crippen molar-refractivity contribution in [2.45, 2.75) is 31.1 Å². The van der Waals surface area contributed by atoms with E-state index >= 15 is 0 Å². The van der Waals surface area contributed by atoms with Gasteiger partial charge >= 0.3 is 0 Å². The zero-order valence-electron chi connectivity index (χ0n) is 17.8. The second-order valence-electron chi connectivity index (χ2n) is 7.94. The maximum Gasteiger partial charge on any atom is 0.294 e. The van der Waals surface area contributed by atoms with Gasteiger partial charge in [0, 0.05) is 5.41 Å². The fraction of sp³-hybridized carbons (Fsp3) is 0.208. The van der Waals surface area contributed by atoms with Crippen molar-refractivity contribution in [2.24, 2.45) is 0 Å². The second kappa shape index (κ2) is 7.83. The number of hydrogen-bond acceptors (Lipinski definition) is 5. The molecule has 0 heterocycles. The number of rotatable bonds is 6. The zero-order chi connectivity index (χ0) is 23.1. The second-order valence-corrected chi connectivity index (χ2v) is 9.36. The van der Waals surface area contributed by atoms with Crippen LogP contribution in [0.5, 0.6) is 5.75 Å². The van der Waals surface area contributed by atoms with Crippen LogP contribution < -0.4 is 4.74 Å². The first kappa shape index (κ1) is 22.5. The first-order chi connectivity index (χ1) is 14.4. The molecule has 1 aliphatic rings. The minimum absolute atomic E-state index is 0.115. The fourth-order valence-corrected chi connectivity index (χ4v) is 4.05. The van der Waals surface area contributed by atoms with Crippen LogP contribution in [0, 0.1) is 6.92 Å². The number of allylic oxidation sites excluding steroid dienone is 4. The van der Waals surface area contributed by atoms with Gasteiger partial charge in [0.25, 0.3) is 10.1 Å². The van der Waals surface area contributed by atoms with Crippen LogP contribution in [-0.4, -0.2) is 31.0 Å². The number of methoxy groups -OCH3 is 1. The van der Waals surface area contributed by atoms with Crippen molar-refractivity contribution in [2.75, 3.05) is 7.11 Å². The SMILES string of the molecule is C=C(/C=C1\C(=O)C(c2ccc(OC)cc2)=C1O)C(C)(C)c1cc(S(=O)(=O)O)ccc1C. The molecule has 3 rings (SSSR count). The van der Waals surface area contributed by atoms with E-state index in [2.05, 4.69) is 6.58 Å². The summed E-state index contributed by atoms with van der Waals surface area (Å²) in [4.78, 5) is 12.5. The van der Waals surface area contributed by atoms with E-state index in [0.717, 1.165) is 5.56 Å². The summed E-state index contributed by atoms with van der Waals surface area (Å²) in [5.41, 5.74) is 2.13. The predicted molar refractivity (Wildman–Crippen MR) is 119 cm³/mol. The molecule has 162 valence electrons. The number of aliphatic hydroxyl groups is 1. The van der Waals surface area contributed by atoms with Crippen LogP contribution in [-0.2, 0) is 20.3 Å². The lowest BCUT2D eigenvalue weighted by Crippen LogP contribution is -2.25. The van der Waals surface area contributed by atoms with Crippen molar-refractivity contribution >= 4 is 21.5 Å². The summed E-state index contributed by atoms with van der Waals surface area (Å²) < 4.78 is 37.6. The molecule has 6 nitrogen and oxygen atoms in total. The quantitative estimate of drug-likeness (QED) is 0.504.